The van der Waals surface area contributed by atoms with Crippen LogP contribution < -0.4 is 0 Å². The molecule has 22 heavy (non-hydrogen) atoms. The van der Waals surface area contributed by atoms with Crippen molar-refractivity contribution in [3.63, 3.8) is 0 Å². The Hall–Kier alpha value is -3.14. The molecule has 4 heteroatoms. The third kappa shape index (κ3) is 3.93. The van der Waals surface area contributed by atoms with Crippen LogP contribution in [0.1, 0.15) is 0 Å². The van der Waals surface area contributed by atoms with E-state index in [4.69, 9.17) is 0 Å². The molecule has 0 aliphatic heterocycles. The van der Waals surface area contributed by atoms with Crippen LogP contribution in [0.5, 0.6) is 0 Å². The Morgan fingerprint density at radius 2 is 0.591 bits per heavy atom. The van der Waals surface area contributed by atoms with Crippen molar-refractivity contribution in [2.75, 3.05) is 0 Å². The van der Waals surface area contributed by atoms with E-state index in [-0.39, 0.29) is 0 Å². The molecule has 0 atom stereocenters. The second kappa shape index (κ2) is 7.04. The Morgan fingerprint density at radius 1 is 0.318 bits per heavy atom. The lowest BCUT2D eigenvalue weighted by Crippen LogP contribution is -1.66. The standard InChI is InChI=1S/C18H14N4/c1-3-7-15(8-4-1)19-21-17-11-13-18(14-12-17)22-20-16-9-5-2-6-10-16/h1-14H/b21-19-,22-20+. The van der Waals surface area contributed by atoms with E-state index in [1.807, 2.05) is 84.9 Å². The number of benzene rings is 3. The maximum atomic E-state index is 4.19. The smallest absolute Gasteiger partial charge is 0.0858 e. The molecular weight excluding hydrogens is 272 g/mol. The largest absolute Gasteiger partial charge is 0.151 e. The Balaban J connectivity index is 1.68. The summed E-state index contributed by atoms with van der Waals surface area (Å²) in [7, 11) is 0. The van der Waals surface area contributed by atoms with E-state index in [1.165, 1.54) is 0 Å². The highest BCUT2D eigenvalue weighted by molar-refractivity contribution is 5.48. The van der Waals surface area contributed by atoms with Crippen molar-refractivity contribution in [3.05, 3.63) is 84.9 Å². The summed E-state index contributed by atoms with van der Waals surface area (Å²) in [6.07, 6.45) is 0. The molecule has 0 spiro atoms. The highest BCUT2D eigenvalue weighted by atomic mass is 15.1. The normalized spacial score (nSPS) is 11.3. The van der Waals surface area contributed by atoms with Gasteiger partial charge in [0.2, 0.25) is 0 Å². The molecule has 0 radical (unpaired) electrons. The maximum Gasteiger partial charge on any atom is 0.0858 e. The average molecular weight is 286 g/mol. The molecule has 0 fully saturated rings. The zero-order chi connectivity index (χ0) is 15.0. The Kier molecular flexibility index (Phi) is 4.42. The van der Waals surface area contributed by atoms with Gasteiger partial charge in [0.15, 0.2) is 0 Å². The molecule has 0 N–H and O–H groups in total. The fourth-order valence-corrected chi connectivity index (χ4v) is 1.81. The van der Waals surface area contributed by atoms with Crippen LogP contribution in [-0.4, -0.2) is 0 Å². The molecule has 0 heterocycles. The molecular formula is C18H14N4. The van der Waals surface area contributed by atoms with Crippen LogP contribution in [0.3, 0.4) is 0 Å². The highest BCUT2D eigenvalue weighted by Crippen LogP contribution is 2.23. The Labute approximate surface area is 128 Å². The minimum atomic E-state index is 0.780. The summed E-state index contributed by atoms with van der Waals surface area (Å²) in [5.74, 6) is 0. The molecule has 0 aliphatic carbocycles. The van der Waals surface area contributed by atoms with Gasteiger partial charge in [0.05, 0.1) is 22.7 Å². The van der Waals surface area contributed by atoms with Gasteiger partial charge in [-0.2, -0.15) is 20.5 Å². The van der Waals surface area contributed by atoms with Gasteiger partial charge in [-0.25, -0.2) is 0 Å². The van der Waals surface area contributed by atoms with E-state index in [0.717, 1.165) is 22.7 Å². The molecule has 3 rings (SSSR count). The lowest BCUT2D eigenvalue weighted by molar-refractivity contribution is 1.21. The molecule has 4 nitrogen and oxygen atoms in total. The summed E-state index contributed by atoms with van der Waals surface area (Å²) in [5, 5.41) is 16.7. The highest BCUT2D eigenvalue weighted by Gasteiger charge is 1.93. The molecule has 0 bridgehead atoms. The van der Waals surface area contributed by atoms with Crippen LogP contribution in [0.25, 0.3) is 0 Å². The van der Waals surface area contributed by atoms with Crippen LogP contribution in [0.2, 0.25) is 0 Å². The fourth-order valence-electron chi connectivity index (χ4n) is 1.81. The predicted molar refractivity (Wildman–Crippen MR) is 87.7 cm³/mol. The van der Waals surface area contributed by atoms with Crippen molar-refractivity contribution in [2.24, 2.45) is 20.5 Å². The van der Waals surface area contributed by atoms with Gasteiger partial charge in [-0.05, 0) is 48.5 Å². The van der Waals surface area contributed by atoms with Crippen LogP contribution >= 0.6 is 0 Å². The first-order valence-electron chi connectivity index (χ1n) is 6.94. The van der Waals surface area contributed by atoms with E-state index < -0.39 is 0 Å². The minimum Gasteiger partial charge on any atom is -0.151 e. The van der Waals surface area contributed by atoms with Crippen molar-refractivity contribution in [2.45, 2.75) is 0 Å². The molecule has 106 valence electrons. The summed E-state index contributed by atoms with van der Waals surface area (Å²) in [6.45, 7) is 0. The van der Waals surface area contributed by atoms with E-state index in [1.54, 1.807) is 0 Å². The van der Waals surface area contributed by atoms with Gasteiger partial charge >= 0.3 is 0 Å². The molecule has 0 aromatic heterocycles. The van der Waals surface area contributed by atoms with Crippen molar-refractivity contribution < 1.29 is 0 Å². The van der Waals surface area contributed by atoms with Gasteiger partial charge in [0.1, 0.15) is 0 Å². The first-order chi connectivity index (χ1) is 10.9. The summed E-state index contributed by atoms with van der Waals surface area (Å²) in [5.41, 5.74) is 3.22. The number of rotatable bonds is 4. The van der Waals surface area contributed by atoms with Gasteiger partial charge in [-0.3, -0.25) is 0 Å². The molecule has 0 unspecified atom stereocenters. The summed E-state index contributed by atoms with van der Waals surface area (Å²) in [4.78, 5) is 0. The van der Waals surface area contributed by atoms with Crippen LogP contribution in [-0.2, 0) is 0 Å². The van der Waals surface area contributed by atoms with Gasteiger partial charge in [0, 0.05) is 0 Å². The first kappa shape index (κ1) is 13.8. The lowest BCUT2D eigenvalue weighted by Gasteiger charge is -1.95. The van der Waals surface area contributed by atoms with Crippen LogP contribution in [0.4, 0.5) is 22.7 Å². The van der Waals surface area contributed by atoms with Crippen LogP contribution in [0, 0.1) is 0 Å². The van der Waals surface area contributed by atoms with Crippen molar-refractivity contribution in [1.82, 2.24) is 0 Å². The summed E-state index contributed by atoms with van der Waals surface area (Å²) < 4.78 is 0. The van der Waals surface area contributed by atoms with Gasteiger partial charge in [-0.15, -0.1) is 0 Å². The second-order valence-electron chi connectivity index (χ2n) is 4.59. The Bertz CT molecular complexity index is 695. The summed E-state index contributed by atoms with van der Waals surface area (Å²) >= 11 is 0. The molecule has 3 aromatic carbocycles. The van der Waals surface area contributed by atoms with Crippen molar-refractivity contribution >= 4 is 22.7 Å². The first-order valence-corrected chi connectivity index (χ1v) is 6.94. The van der Waals surface area contributed by atoms with E-state index in [2.05, 4.69) is 20.5 Å². The third-order valence-electron chi connectivity index (χ3n) is 2.92. The van der Waals surface area contributed by atoms with E-state index in [9.17, 15) is 0 Å². The van der Waals surface area contributed by atoms with Crippen LogP contribution in [0.15, 0.2) is 105 Å². The van der Waals surface area contributed by atoms with Gasteiger partial charge < -0.3 is 0 Å². The van der Waals surface area contributed by atoms with Gasteiger partial charge in [-0.1, -0.05) is 36.4 Å². The monoisotopic (exact) mass is 286 g/mol. The average Bonchev–Trinajstić information content (AvgIpc) is 2.61. The van der Waals surface area contributed by atoms with E-state index >= 15 is 0 Å². The number of hydrogen-bond donors (Lipinski definition) is 0. The van der Waals surface area contributed by atoms with Crippen molar-refractivity contribution in [1.29, 1.82) is 0 Å². The second-order valence-corrected chi connectivity index (χ2v) is 4.59. The zero-order valence-corrected chi connectivity index (χ0v) is 11.9. The molecule has 0 saturated heterocycles. The third-order valence-corrected chi connectivity index (χ3v) is 2.92. The maximum absolute atomic E-state index is 4.19. The lowest BCUT2D eigenvalue weighted by atomic mass is 10.3. The SMILES string of the molecule is c1ccc(/N=N\c2ccc(/N=N/c3ccccc3)cc2)cc1. The number of nitrogens with zero attached hydrogens (tertiary/aromatic N) is 4. The number of azo groups is 2. The molecule has 0 aliphatic rings. The molecule has 0 amide bonds. The topological polar surface area (TPSA) is 49.4 Å². The molecule has 3 aromatic rings. The molecule has 0 saturated carbocycles. The predicted octanol–water partition coefficient (Wildman–Crippen LogP) is 6.52. The van der Waals surface area contributed by atoms with Crippen molar-refractivity contribution in [3.8, 4) is 0 Å². The Morgan fingerprint density at radius 3 is 0.909 bits per heavy atom. The quantitative estimate of drug-likeness (QED) is 0.490. The minimum absolute atomic E-state index is 0.780. The fraction of sp³-hybridized carbons (Fsp3) is 0. The van der Waals surface area contributed by atoms with Gasteiger partial charge in [0.25, 0.3) is 0 Å². The zero-order valence-electron chi connectivity index (χ0n) is 11.9. The number of hydrogen-bond acceptors (Lipinski definition) is 4. The van der Waals surface area contributed by atoms with E-state index in [0.29, 0.717) is 0 Å². The summed E-state index contributed by atoms with van der Waals surface area (Å²) in [6, 6.07) is 26.7.